The standard InChI is InChI=1S/C25H33N5O4/c1-2-30(20-7-11-27-12-8-20)25(26)19-5-3-18(4-6-19)23-15-22(34-28-23)16-29-13-9-21(10-14-29)33-17-24(31)32/h3-8,11-12,21-23,26,28H,2,9-10,13-17H2,1H3,(H,31,32). The Kier molecular flexibility index (Phi) is 8.23. The summed E-state index contributed by atoms with van der Waals surface area (Å²) in [7, 11) is 0. The SMILES string of the molecule is CCN(C(=N)c1ccc(C2CC(CN3CCC(OCC(=O)O)CC3)ON2)cc1)c1ccncc1. The van der Waals surface area contributed by atoms with E-state index in [4.69, 9.17) is 20.1 Å². The topological polar surface area (TPSA) is 111 Å². The smallest absolute Gasteiger partial charge is 0.329 e. The summed E-state index contributed by atoms with van der Waals surface area (Å²) in [4.78, 5) is 24.9. The van der Waals surface area contributed by atoms with Crippen molar-refractivity contribution < 1.29 is 19.5 Å². The second kappa shape index (κ2) is 11.5. The molecule has 9 heteroatoms. The first-order valence-corrected chi connectivity index (χ1v) is 11.9. The first kappa shape index (κ1) is 24.3. The van der Waals surface area contributed by atoms with Gasteiger partial charge in [0, 0.05) is 49.8 Å². The van der Waals surface area contributed by atoms with Gasteiger partial charge >= 0.3 is 5.97 Å². The number of nitrogens with zero attached hydrogens (tertiary/aromatic N) is 3. The number of rotatable bonds is 9. The van der Waals surface area contributed by atoms with Crippen molar-refractivity contribution in [3.63, 3.8) is 0 Å². The number of piperidine rings is 1. The Morgan fingerprint density at radius 2 is 1.94 bits per heavy atom. The molecule has 2 unspecified atom stereocenters. The maximum atomic E-state index is 10.7. The van der Waals surface area contributed by atoms with Crippen molar-refractivity contribution in [1.82, 2.24) is 15.4 Å². The summed E-state index contributed by atoms with van der Waals surface area (Å²) in [5.41, 5.74) is 6.14. The van der Waals surface area contributed by atoms with Gasteiger partial charge in [-0.15, -0.1) is 0 Å². The number of hydrogen-bond acceptors (Lipinski definition) is 7. The molecule has 0 amide bonds. The summed E-state index contributed by atoms with van der Waals surface area (Å²) < 4.78 is 5.42. The molecule has 3 heterocycles. The summed E-state index contributed by atoms with van der Waals surface area (Å²) in [5, 5.41) is 17.4. The highest BCUT2D eigenvalue weighted by Gasteiger charge is 2.30. The van der Waals surface area contributed by atoms with Gasteiger partial charge in [0.2, 0.25) is 0 Å². The molecular formula is C25H33N5O4. The minimum Gasteiger partial charge on any atom is -0.480 e. The number of carbonyl (C=O) groups is 1. The molecule has 4 rings (SSSR count). The first-order chi connectivity index (χ1) is 16.5. The lowest BCUT2D eigenvalue weighted by Crippen LogP contribution is -2.41. The highest BCUT2D eigenvalue weighted by Crippen LogP contribution is 2.27. The lowest BCUT2D eigenvalue weighted by Gasteiger charge is -2.32. The van der Waals surface area contributed by atoms with E-state index < -0.39 is 5.97 Å². The van der Waals surface area contributed by atoms with Crippen LogP contribution in [0.3, 0.4) is 0 Å². The van der Waals surface area contributed by atoms with Gasteiger partial charge in [0.1, 0.15) is 12.4 Å². The minimum absolute atomic E-state index is 0.0298. The largest absolute Gasteiger partial charge is 0.480 e. The third kappa shape index (κ3) is 6.18. The molecule has 0 bridgehead atoms. The molecule has 0 radical (unpaired) electrons. The molecule has 34 heavy (non-hydrogen) atoms. The normalized spacial score (nSPS) is 21.4. The lowest BCUT2D eigenvalue weighted by molar-refractivity contribution is -0.145. The second-order valence-corrected chi connectivity index (χ2v) is 8.77. The molecule has 2 saturated heterocycles. The fourth-order valence-electron chi connectivity index (χ4n) is 4.61. The number of aliphatic carboxylic acids is 1. The zero-order valence-electron chi connectivity index (χ0n) is 19.5. The zero-order chi connectivity index (χ0) is 23.9. The Morgan fingerprint density at radius 3 is 2.59 bits per heavy atom. The third-order valence-corrected chi connectivity index (χ3v) is 6.46. The molecule has 182 valence electrons. The highest BCUT2D eigenvalue weighted by atomic mass is 16.7. The van der Waals surface area contributed by atoms with Crippen LogP contribution in [0.2, 0.25) is 0 Å². The number of anilines is 1. The molecule has 3 N–H and O–H groups in total. The van der Waals surface area contributed by atoms with Gasteiger partial charge in [-0.3, -0.25) is 15.2 Å². The van der Waals surface area contributed by atoms with Crippen LogP contribution >= 0.6 is 0 Å². The second-order valence-electron chi connectivity index (χ2n) is 8.77. The molecule has 1 aromatic carbocycles. The molecule has 1 aromatic heterocycles. The fraction of sp³-hybridized carbons (Fsp3) is 0.480. The van der Waals surface area contributed by atoms with Gasteiger partial charge in [-0.1, -0.05) is 24.3 Å². The molecule has 2 atom stereocenters. The van der Waals surface area contributed by atoms with E-state index in [1.807, 2.05) is 36.1 Å². The number of hydrogen-bond donors (Lipinski definition) is 3. The summed E-state index contributed by atoms with van der Waals surface area (Å²) in [5.74, 6) is -0.454. The van der Waals surface area contributed by atoms with Crippen molar-refractivity contribution in [3.8, 4) is 0 Å². The maximum Gasteiger partial charge on any atom is 0.329 e. The van der Waals surface area contributed by atoms with E-state index >= 15 is 0 Å². The predicted molar refractivity (Wildman–Crippen MR) is 129 cm³/mol. The average molecular weight is 468 g/mol. The molecule has 0 aliphatic carbocycles. The molecule has 9 nitrogen and oxygen atoms in total. The van der Waals surface area contributed by atoms with Crippen LogP contribution in [0.25, 0.3) is 0 Å². The first-order valence-electron chi connectivity index (χ1n) is 11.9. The summed E-state index contributed by atoms with van der Waals surface area (Å²) in [6.07, 6.45) is 6.18. The van der Waals surface area contributed by atoms with Crippen LogP contribution in [0.5, 0.6) is 0 Å². The van der Waals surface area contributed by atoms with Gasteiger partial charge in [0.15, 0.2) is 0 Å². The third-order valence-electron chi connectivity index (χ3n) is 6.46. The van der Waals surface area contributed by atoms with Gasteiger partial charge in [-0.25, -0.2) is 4.79 Å². The monoisotopic (exact) mass is 467 g/mol. The van der Waals surface area contributed by atoms with Crippen LogP contribution < -0.4 is 10.4 Å². The van der Waals surface area contributed by atoms with Crippen molar-refractivity contribution >= 4 is 17.5 Å². The minimum atomic E-state index is -0.916. The van der Waals surface area contributed by atoms with Crippen molar-refractivity contribution in [1.29, 1.82) is 5.41 Å². The Morgan fingerprint density at radius 1 is 1.24 bits per heavy atom. The maximum absolute atomic E-state index is 10.7. The van der Waals surface area contributed by atoms with E-state index in [1.54, 1.807) is 12.4 Å². The van der Waals surface area contributed by atoms with Crippen LogP contribution in [-0.2, 0) is 14.4 Å². The summed E-state index contributed by atoms with van der Waals surface area (Å²) in [6.45, 7) is 5.13. The number of ether oxygens (including phenoxy) is 1. The quantitative estimate of drug-likeness (QED) is 0.381. The zero-order valence-corrected chi connectivity index (χ0v) is 19.5. The van der Waals surface area contributed by atoms with Gasteiger partial charge in [-0.05, 0) is 43.9 Å². The van der Waals surface area contributed by atoms with Crippen LogP contribution in [0.4, 0.5) is 5.69 Å². The molecule has 0 saturated carbocycles. The number of carboxylic acid groups (broad SMARTS) is 1. The Bertz CT molecular complexity index is 948. The molecular weight excluding hydrogens is 434 g/mol. The van der Waals surface area contributed by atoms with E-state index in [0.717, 1.165) is 55.7 Å². The van der Waals surface area contributed by atoms with E-state index in [9.17, 15) is 4.79 Å². The molecule has 2 aliphatic heterocycles. The van der Waals surface area contributed by atoms with Crippen LogP contribution in [0, 0.1) is 5.41 Å². The number of nitrogens with one attached hydrogen (secondary N) is 2. The van der Waals surface area contributed by atoms with Crippen LogP contribution in [-0.4, -0.2) is 71.8 Å². The number of benzene rings is 1. The molecule has 2 fully saturated rings. The van der Waals surface area contributed by atoms with Gasteiger partial charge in [-0.2, -0.15) is 5.48 Å². The average Bonchev–Trinajstić information content (AvgIpc) is 3.33. The van der Waals surface area contributed by atoms with E-state index in [-0.39, 0.29) is 24.9 Å². The number of carboxylic acids is 1. The van der Waals surface area contributed by atoms with E-state index in [1.165, 1.54) is 0 Å². The van der Waals surface area contributed by atoms with Crippen molar-refractivity contribution in [2.75, 3.05) is 37.7 Å². The van der Waals surface area contributed by atoms with E-state index in [0.29, 0.717) is 12.4 Å². The number of amidine groups is 1. The Hall–Kier alpha value is -2.85. The van der Waals surface area contributed by atoms with Gasteiger partial charge < -0.3 is 19.6 Å². The summed E-state index contributed by atoms with van der Waals surface area (Å²) >= 11 is 0. The van der Waals surface area contributed by atoms with Gasteiger partial charge in [0.05, 0.1) is 18.2 Å². The lowest BCUT2D eigenvalue weighted by atomic mass is 9.99. The van der Waals surface area contributed by atoms with Gasteiger partial charge in [0.25, 0.3) is 0 Å². The number of likely N-dealkylation sites (tertiary alicyclic amines) is 1. The van der Waals surface area contributed by atoms with E-state index in [2.05, 4.69) is 27.5 Å². The number of hydroxylamine groups is 1. The highest BCUT2D eigenvalue weighted by molar-refractivity contribution is 6.07. The van der Waals surface area contributed by atoms with Crippen molar-refractivity contribution in [2.24, 2.45) is 0 Å². The Labute approximate surface area is 200 Å². The molecule has 0 spiro atoms. The summed E-state index contributed by atoms with van der Waals surface area (Å²) in [6, 6.07) is 12.1. The predicted octanol–water partition coefficient (Wildman–Crippen LogP) is 2.83. The van der Waals surface area contributed by atoms with Crippen molar-refractivity contribution in [3.05, 3.63) is 59.9 Å². The van der Waals surface area contributed by atoms with Crippen LogP contribution in [0.1, 0.15) is 43.4 Å². The molecule has 2 aromatic rings. The Balaban J connectivity index is 1.27. The number of pyridine rings is 1. The number of aromatic nitrogens is 1. The van der Waals surface area contributed by atoms with Crippen molar-refractivity contribution in [2.45, 2.75) is 44.4 Å². The molecule has 2 aliphatic rings. The van der Waals surface area contributed by atoms with Crippen LogP contribution in [0.15, 0.2) is 48.8 Å². The fourth-order valence-corrected chi connectivity index (χ4v) is 4.61.